The van der Waals surface area contributed by atoms with E-state index in [0.717, 1.165) is 14.5 Å². The van der Waals surface area contributed by atoms with Crippen molar-refractivity contribution in [2.75, 3.05) is 6.61 Å². The molecule has 2 aromatic rings. The number of ether oxygens (including phenoxy) is 2. The Bertz CT molecular complexity index is 660. The summed E-state index contributed by atoms with van der Waals surface area (Å²) < 4.78 is 12.0. The van der Waals surface area contributed by atoms with Crippen LogP contribution in [0.3, 0.4) is 0 Å². The largest absolute Gasteiger partial charge is 0.460 e. The minimum Gasteiger partial charge on any atom is -0.460 e. The van der Waals surface area contributed by atoms with E-state index in [1.165, 1.54) is 0 Å². The Balaban J connectivity index is 1.85. The first kappa shape index (κ1) is 16.0. The maximum Gasteiger partial charge on any atom is 0.229 e. The van der Waals surface area contributed by atoms with Crippen LogP contribution < -0.4 is 4.74 Å². The minimum absolute atomic E-state index is 0.456. The monoisotopic (exact) mass is 421 g/mol. The molecule has 3 rings (SSSR count). The van der Waals surface area contributed by atoms with Crippen molar-refractivity contribution in [2.45, 2.75) is 30.7 Å². The van der Waals surface area contributed by atoms with Gasteiger partial charge in [-0.25, -0.2) is 0 Å². The van der Waals surface area contributed by atoms with Gasteiger partial charge in [0.1, 0.15) is 30.2 Å². The number of benzene rings is 1. The number of aromatic amines is 1. The topological polar surface area (TPSA) is 115 Å². The van der Waals surface area contributed by atoms with Crippen molar-refractivity contribution in [3.63, 3.8) is 0 Å². The first-order valence-electron chi connectivity index (χ1n) is 6.75. The van der Waals surface area contributed by atoms with Gasteiger partial charge in [0, 0.05) is 20.7 Å². The van der Waals surface area contributed by atoms with Gasteiger partial charge in [-0.2, -0.15) is 0 Å². The molecule has 0 spiro atoms. The Labute approximate surface area is 139 Å². The van der Waals surface area contributed by atoms with Gasteiger partial charge in [-0.1, -0.05) is 0 Å². The highest BCUT2D eigenvalue weighted by atomic mass is 127. The molecule has 1 aromatic heterocycles. The standard InChI is InChI=1S/C14H16INO6/c15-6-1-2-8-7(3-6)9(4-16-8)21-14-13(20)12(19)11(18)10(5-17)22-14/h1-4,10-14,16-20H,5H2/t10-,11-,12-,13-,14+/m0/s1. The van der Waals surface area contributed by atoms with Gasteiger partial charge in [0.15, 0.2) is 0 Å². The van der Waals surface area contributed by atoms with Gasteiger partial charge >= 0.3 is 0 Å². The molecule has 8 heteroatoms. The smallest absolute Gasteiger partial charge is 0.229 e. The van der Waals surface area contributed by atoms with Crippen LogP contribution in [0.5, 0.6) is 5.75 Å². The Morgan fingerprint density at radius 1 is 1.18 bits per heavy atom. The van der Waals surface area contributed by atoms with Gasteiger partial charge in [-0.05, 0) is 40.8 Å². The average molecular weight is 421 g/mol. The van der Waals surface area contributed by atoms with Crippen LogP contribution in [-0.2, 0) is 4.74 Å². The van der Waals surface area contributed by atoms with Crippen LogP contribution in [0, 0.1) is 3.57 Å². The number of hydrogen-bond donors (Lipinski definition) is 5. The number of halogens is 1. The number of hydrogen-bond acceptors (Lipinski definition) is 6. The van der Waals surface area contributed by atoms with Crippen LogP contribution in [0.1, 0.15) is 0 Å². The van der Waals surface area contributed by atoms with Crippen LogP contribution in [0.4, 0.5) is 0 Å². The number of rotatable bonds is 3. The highest BCUT2D eigenvalue weighted by molar-refractivity contribution is 14.1. The summed E-state index contributed by atoms with van der Waals surface area (Å²) in [4.78, 5) is 3.04. The predicted molar refractivity (Wildman–Crippen MR) is 85.4 cm³/mol. The SMILES string of the molecule is OC[C@@H]1O[C@@H](Oc2c[nH]c3ccc(I)cc23)[C@@H](O)[C@@H](O)[C@H]1O. The Kier molecular flexibility index (Phi) is 4.57. The van der Waals surface area contributed by atoms with Crippen molar-refractivity contribution in [3.8, 4) is 5.75 Å². The third-order valence-corrected chi connectivity index (χ3v) is 4.37. The van der Waals surface area contributed by atoms with E-state index in [4.69, 9.17) is 9.47 Å². The van der Waals surface area contributed by atoms with Crippen LogP contribution in [-0.4, -0.2) is 62.7 Å². The lowest BCUT2D eigenvalue weighted by Gasteiger charge is -2.39. The third kappa shape index (κ3) is 2.82. The van der Waals surface area contributed by atoms with Crippen LogP contribution >= 0.6 is 22.6 Å². The van der Waals surface area contributed by atoms with Gasteiger partial charge in [0.05, 0.1) is 6.61 Å². The Hall–Kier alpha value is -0.910. The summed E-state index contributed by atoms with van der Waals surface area (Å²) in [5.41, 5.74) is 0.861. The zero-order chi connectivity index (χ0) is 15.9. The van der Waals surface area contributed by atoms with E-state index in [0.29, 0.717) is 5.75 Å². The number of fused-ring (bicyclic) bond motifs is 1. The molecule has 1 saturated heterocycles. The second-order valence-corrected chi connectivity index (χ2v) is 6.40. The molecule has 7 nitrogen and oxygen atoms in total. The number of aromatic nitrogens is 1. The molecule has 5 N–H and O–H groups in total. The Morgan fingerprint density at radius 2 is 1.95 bits per heavy atom. The van der Waals surface area contributed by atoms with Crippen molar-refractivity contribution in [2.24, 2.45) is 0 Å². The maximum absolute atomic E-state index is 9.99. The average Bonchev–Trinajstić information content (AvgIpc) is 2.90. The molecule has 1 aromatic carbocycles. The zero-order valence-corrected chi connectivity index (χ0v) is 13.5. The first-order chi connectivity index (χ1) is 10.5. The van der Waals surface area contributed by atoms with E-state index in [1.807, 2.05) is 18.2 Å². The number of aliphatic hydroxyl groups is 4. The molecule has 0 amide bonds. The van der Waals surface area contributed by atoms with E-state index < -0.39 is 37.3 Å². The number of nitrogens with one attached hydrogen (secondary N) is 1. The van der Waals surface area contributed by atoms with Crippen LogP contribution in [0.15, 0.2) is 24.4 Å². The summed E-state index contributed by atoms with van der Waals surface area (Å²) >= 11 is 2.18. The molecular formula is C14H16INO6. The van der Waals surface area contributed by atoms with Crippen molar-refractivity contribution < 1.29 is 29.9 Å². The number of aliphatic hydroxyl groups excluding tert-OH is 4. The van der Waals surface area contributed by atoms with E-state index in [-0.39, 0.29) is 0 Å². The lowest BCUT2D eigenvalue weighted by Crippen LogP contribution is -2.60. The fraction of sp³-hybridized carbons (Fsp3) is 0.429. The second kappa shape index (κ2) is 6.30. The molecule has 0 saturated carbocycles. The molecule has 1 aliphatic rings. The molecular weight excluding hydrogens is 405 g/mol. The highest BCUT2D eigenvalue weighted by Gasteiger charge is 2.44. The fourth-order valence-corrected chi connectivity index (χ4v) is 2.95. The van der Waals surface area contributed by atoms with Crippen molar-refractivity contribution in [1.29, 1.82) is 0 Å². The van der Waals surface area contributed by atoms with E-state index in [1.54, 1.807) is 6.20 Å². The molecule has 0 unspecified atom stereocenters. The van der Waals surface area contributed by atoms with E-state index in [2.05, 4.69) is 27.6 Å². The quantitative estimate of drug-likeness (QED) is 0.444. The van der Waals surface area contributed by atoms with E-state index >= 15 is 0 Å². The predicted octanol–water partition coefficient (Wildman–Crippen LogP) is -0.0488. The van der Waals surface area contributed by atoms with Crippen LogP contribution in [0.25, 0.3) is 10.9 Å². The van der Waals surface area contributed by atoms with Crippen LogP contribution in [0.2, 0.25) is 0 Å². The van der Waals surface area contributed by atoms with Crippen molar-refractivity contribution in [1.82, 2.24) is 4.98 Å². The molecule has 1 aliphatic heterocycles. The molecule has 0 radical (unpaired) electrons. The maximum atomic E-state index is 9.99. The third-order valence-electron chi connectivity index (χ3n) is 3.70. The molecule has 5 atom stereocenters. The molecule has 120 valence electrons. The summed E-state index contributed by atoms with van der Waals surface area (Å²) in [5.74, 6) is 0.456. The van der Waals surface area contributed by atoms with Gasteiger partial charge < -0.3 is 34.9 Å². The summed E-state index contributed by atoms with van der Waals surface area (Å²) in [6, 6.07) is 5.75. The molecule has 0 aliphatic carbocycles. The van der Waals surface area contributed by atoms with E-state index in [9.17, 15) is 20.4 Å². The summed E-state index contributed by atoms with van der Waals surface area (Å²) in [6.07, 6.45) is -4.83. The number of H-pyrrole nitrogens is 1. The molecule has 2 heterocycles. The summed E-state index contributed by atoms with van der Waals surface area (Å²) in [7, 11) is 0. The first-order valence-corrected chi connectivity index (χ1v) is 7.83. The van der Waals surface area contributed by atoms with Gasteiger partial charge in [-0.15, -0.1) is 0 Å². The van der Waals surface area contributed by atoms with Gasteiger partial charge in [0.25, 0.3) is 0 Å². The normalized spacial score (nSPS) is 32.3. The van der Waals surface area contributed by atoms with Gasteiger partial charge in [0.2, 0.25) is 6.29 Å². The summed E-state index contributed by atoms with van der Waals surface area (Å²) in [6.45, 7) is -0.489. The summed E-state index contributed by atoms with van der Waals surface area (Å²) in [5, 5.41) is 39.5. The minimum atomic E-state index is -1.46. The lowest BCUT2D eigenvalue weighted by atomic mass is 9.99. The fourth-order valence-electron chi connectivity index (χ4n) is 2.45. The van der Waals surface area contributed by atoms with Crippen molar-refractivity contribution in [3.05, 3.63) is 28.0 Å². The Morgan fingerprint density at radius 3 is 2.68 bits per heavy atom. The zero-order valence-electron chi connectivity index (χ0n) is 11.4. The lowest BCUT2D eigenvalue weighted by molar-refractivity contribution is -0.277. The highest BCUT2D eigenvalue weighted by Crippen LogP contribution is 2.30. The van der Waals surface area contributed by atoms with Crippen molar-refractivity contribution >= 4 is 33.5 Å². The molecule has 22 heavy (non-hydrogen) atoms. The molecule has 1 fully saturated rings. The molecule has 0 bridgehead atoms. The second-order valence-electron chi connectivity index (χ2n) is 5.16. The van der Waals surface area contributed by atoms with Gasteiger partial charge in [-0.3, -0.25) is 0 Å².